The predicted molar refractivity (Wildman–Crippen MR) is 265 cm³/mol. The van der Waals surface area contributed by atoms with Gasteiger partial charge in [0.2, 0.25) is 6.41 Å². The minimum atomic E-state index is -4.89. The van der Waals surface area contributed by atoms with Crippen LogP contribution >= 0.6 is 0 Å². The van der Waals surface area contributed by atoms with E-state index in [1.165, 1.54) is 59.3 Å². The van der Waals surface area contributed by atoms with Gasteiger partial charge >= 0.3 is 0 Å². The Kier molecular flexibility index (Phi) is 15.2. The van der Waals surface area contributed by atoms with Gasteiger partial charge in [0.25, 0.3) is 49.8 Å². The molecule has 7 aromatic rings. The van der Waals surface area contributed by atoms with E-state index in [-0.39, 0.29) is 52.6 Å². The molecule has 378 valence electrons. The average Bonchev–Trinajstić information content (AvgIpc) is 4.11. The highest BCUT2D eigenvalue weighted by Gasteiger charge is 2.23. The number of nitrogens with two attached hydrogens (primary N) is 2. The van der Waals surface area contributed by atoms with E-state index >= 15 is 0 Å². The molecule has 0 aliphatic carbocycles. The van der Waals surface area contributed by atoms with Gasteiger partial charge in [0, 0.05) is 90.3 Å². The van der Waals surface area contributed by atoms with Crippen LogP contribution in [0.1, 0.15) is 58.9 Å². The first kappa shape index (κ1) is 52.4. The Bertz CT molecular complexity index is 3560. The normalized spacial score (nSPS) is 11.3. The van der Waals surface area contributed by atoms with Crippen LogP contribution in [-0.2, 0) is 60.3 Å². The van der Waals surface area contributed by atoms with Crippen LogP contribution in [0.25, 0.3) is 10.8 Å². The second-order valence-electron chi connectivity index (χ2n) is 16.1. The Morgan fingerprint density at radius 2 is 0.986 bits per heavy atom. The minimum absolute atomic E-state index is 0.0217. The van der Waals surface area contributed by atoms with Crippen LogP contribution in [-0.4, -0.2) is 97.1 Å². The summed E-state index contributed by atoms with van der Waals surface area (Å²) in [5.41, 5.74) is 14.6. The van der Waals surface area contributed by atoms with Gasteiger partial charge in [-0.05, 0) is 60.0 Å². The van der Waals surface area contributed by atoms with E-state index in [0.29, 0.717) is 58.0 Å². The van der Waals surface area contributed by atoms with Crippen LogP contribution in [0, 0.1) is 5.41 Å². The second kappa shape index (κ2) is 20.9. The quantitative estimate of drug-likeness (QED) is 0.0287. The lowest BCUT2D eigenvalue weighted by Gasteiger charge is -2.10. The van der Waals surface area contributed by atoms with Crippen LogP contribution in [0.15, 0.2) is 101 Å². The van der Waals surface area contributed by atoms with Gasteiger partial charge in [-0.25, -0.2) is 0 Å². The topological polar surface area (TPSA) is 384 Å². The number of aryl methyl sites for hydroxylation is 5. The molecule has 0 radical (unpaired) electrons. The number of carbonyl (C=O) groups excluding carboxylic acids is 6. The first-order chi connectivity index (χ1) is 33.7. The average molecular weight is 1030 g/mol. The van der Waals surface area contributed by atoms with Crippen molar-refractivity contribution in [2.24, 2.45) is 41.0 Å². The maximum Gasteiger partial charge on any atom is 0.295 e. The second-order valence-corrected chi connectivity index (χ2v) is 18.9. The number of fused-ring (bicyclic) bond motifs is 1. The number of amides is 6. The number of nitrogens with one attached hydrogen (secondary N) is 7. The van der Waals surface area contributed by atoms with Gasteiger partial charge in [0.15, 0.2) is 0 Å². The summed E-state index contributed by atoms with van der Waals surface area (Å²) in [5.74, 6) is -2.26. The fourth-order valence-corrected chi connectivity index (χ4v) is 8.60. The maximum atomic E-state index is 12.9. The van der Waals surface area contributed by atoms with E-state index in [1.54, 1.807) is 78.3 Å². The van der Waals surface area contributed by atoms with Crippen LogP contribution in [0.2, 0.25) is 0 Å². The number of rotatable bonds is 16. The molecule has 0 bridgehead atoms. The van der Waals surface area contributed by atoms with Gasteiger partial charge in [0.1, 0.15) is 33.4 Å². The number of nitrogens with zero attached hydrogens (tertiary/aromatic N) is 5. The molecule has 0 fully saturated rings. The van der Waals surface area contributed by atoms with E-state index in [1.807, 2.05) is 0 Å². The van der Waals surface area contributed by atoms with Crippen molar-refractivity contribution in [1.82, 2.24) is 28.2 Å². The molecule has 0 aliphatic rings. The van der Waals surface area contributed by atoms with E-state index in [2.05, 4.69) is 31.9 Å². The summed E-state index contributed by atoms with van der Waals surface area (Å²) in [6.45, 7) is 0.233. The summed E-state index contributed by atoms with van der Waals surface area (Å²) in [6.07, 6.45) is 8.67. The largest absolute Gasteiger partial charge is 0.397 e. The van der Waals surface area contributed by atoms with Gasteiger partial charge in [0.05, 0.1) is 39.2 Å². The molecule has 0 saturated heterocycles. The van der Waals surface area contributed by atoms with Crippen LogP contribution in [0.5, 0.6) is 0 Å². The van der Waals surface area contributed by atoms with Crippen LogP contribution in [0.4, 0.5) is 34.1 Å². The standard InChI is InChI=1S/C22H27N9O4.C22H21N5O8S2/c1-29-9-13(26-12-32)6-17(29)21(34)28-15-8-18(31(3)11-15)22(35)27-14-7-16(30(2)10-14)20(33)25-5-4-19(23)24;1-26-10-13(23)6-18(26)21(28)25-15-8-19(27(2)11-15)22(29)24-14-4-3-12-5-16(36(30,31)32)9-20(17(12)7-14)37(33,34)35/h6-12H,4-5H2,1-3H3,(H3,23,24)(H,25,33)(H,26,32)(H,27,35)(H,28,34);3-11H,23H2,1-2H3,(H,24,29)(H,25,28)(H,30,31,32)(H,33,34,35). The molecule has 72 heavy (non-hydrogen) atoms. The van der Waals surface area contributed by atoms with Crippen molar-refractivity contribution >= 4 is 107 Å². The lowest BCUT2D eigenvalue weighted by atomic mass is 10.1. The van der Waals surface area contributed by atoms with Crippen molar-refractivity contribution in [2.75, 3.05) is 38.9 Å². The van der Waals surface area contributed by atoms with Crippen LogP contribution in [0.3, 0.4) is 0 Å². The number of hydrogen-bond donors (Lipinski definition) is 11. The molecular weight excluding hydrogens is 981 g/mol. The maximum absolute atomic E-state index is 12.9. The molecule has 0 spiro atoms. The van der Waals surface area contributed by atoms with Crippen molar-refractivity contribution in [3.8, 4) is 0 Å². The fourth-order valence-electron chi connectivity index (χ4n) is 7.25. The van der Waals surface area contributed by atoms with Crippen molar-refractivity contribution in [3.05, 3.63) is 120 Å². The Balaban J connectivity index is 0.000000236. The molecule has 7 rings (SSSR count). The van der Waals surface area contributed by atoms with Crippen molar-refractivity contribution in [1.29, 1.82) is 5.41 Å². The third kappa shape index (κ3) is 12.4. The fraction of sp³-hybridized carbons (Fsp3) is 0.159. The van der Waals surface area contributed by atoms with Crippen molar-refractivity contribution in [2.45, 2.75) is 16.2 Å². The number of benzene rings is 2. The number of amidine groups is 1. The summed E-state index contributed by atoms with van der Waals surface area (Å²) in [6, 6.07) is 13.1. The Labute approximate surface area is 409 Å². The van der Waals surface area contributed by atoms with E-state index in [9.17, 15) is 54.7 Å². The molecule has 13 N–H and O–H groups in total. The SMILES string of the molecule is Cn1cc(N)cc1C(=O)Nc1cc(C(=O)Nc2ccc3cc(S(=O)(=O)O)cc(S(=O)(=O)O)c3c2)n(C)c1.Cn1cc(NC(=O)c2cc(NC(=O)c3cc(NC=O)cn3C)cn2C)cc1C(=O)NCCC(=N)N. The minimum Gasteiger partial charge on any atom is -0.397 e. The third-order valence-corrected chi connectivity index (χ3v) is 12.3. The Morgan fingerprint density at radius 3 is 1.40 bits per heavy atom. The summed E-state index contributed by atoms with van der Waals surface area (Å²) < 4.78 is 73.4. The van der Waals surface area contributed by atoms with E-state index in [4.69, 9.17) is 16.9 Å². The summed E-state index contributed by atoms with van der Waals surface area (Å²) >= 11 is 0. The zero-order chi connectivity index (χ0) is 53.0. The van der Waals surface area contributed by atoms with Crippen LogP contribution < -0.4 is 43.4 Å². The van der Waals surface area contributed by atoms with Gasteiger partial charge in [-0.3, -0.25) is 43.3 Å². The molecule has 5 heterocycles. The molecule has 0 unspecified atom stereocenters. The van der Waals surface area contributed by atoms with E-state index < -0.39 is 53.7 Å². The first-order valence-electron chi connectivity index (χ1n) is 20.9. The Hall–Kier alpha value is -8.99. The smallest absolute Gasteiger partial charge is 0.295 e. The molecule has 6 amide bonds. The van der Waals surface area contributed by atoms with Gasteiger partial charge < -0.3 is 66.2 Å². The highest BCUT2D eigenvalue weighted by atomic mass is 32.2. The number of hydrogen-bond acceptors (Lipinski definition) is 12. The molecule has 26 nitrogen and oxygen atoms in total. The highest BCUT2D eigenvalue weighted by Crippen LogP contribution is 2.30. The summed E-state index contributed by atoms with van der Waals surface area (Å²) in [7, 11) is -1.39. The molecular formula is C44H48N14O12S2. The molecule has 0 atom stereocenters. The Morgan fingerprint density at radius 1 is 0.569 bits per heavy atom. The number of nitrogen functional groups attached to an aromatic ring is 1. The van der Waals surface area contributed by atoms with E-state index in [0.717, 1.165) is 6.07 Å². The monoisotopic (exact) mass is 1030 g/mol. The zero-order valence-corrected chi connectivity index (χ0v) is 40.5. The van der Waals surface area contributed by atoms with Gasteiger partial charge in [-0.2, -0.15) is 16.8 Å². The van der Waals surface area contributed by atoms with Crippen molar-refractivity contribution < 1.29 is 54.7 Å². The molecule has 2 aromatic carbocycles. The summed E-state index contributed by atoms with van der Waals surface area (Å²) in [4.78, 5) is 72.4. The molecule has 5 aromatic heterocycles. The van der Waals surface area contributed by atoms with Gasteiger partial charge in [-0.15, -0.1) is 0 Å². The number of anilines is 6. The number of carbonyl (C=O) groups is 6. The zero-order valence-electron chi connectivity index (χ0n) is 38.8. The van der Waals surface area contributed by atoms with Crippen molar-refractivity contribution in [3.63, 3.8) is 0 Å². The lowest BCUT2D eigenvalue weighted by molar-refractivity contribution is -0.105. The molecule has 0 saturated carbocycles. The highest BCUT2D eigenvalue weighted by molar-refractivity contribution is 7.86. The molecule has 0 aliphatic heterocycles. The van der Waals surface area contributed by atoms with Gasteiger partial charge in [-0.1, -0.05) is 6.07 Å². The molecule has 28 heteroatoms. The summed E-state index contributed by atoms with van der Waals surface area (Å²) in [5, 5.41) is 23.1. The lowest BCUT2D eigenvalue weighted by Crippen LogP contribution is -2.28. The number of aromatic nitrogens is 5. The first-order valence-corrected chi connectivity index (χ1v) is 23.8. The predicted octanol–water partition coefficient (Wildman–Crippen LogP) is 2.93. The third-order valence-electron chi connectivity index (χ3n) is 10.6.